The van der Waals surface area contributed by atoms with Crippen molar-refractivity contribution in [3.05, 3.63) is 63.1 Å². The van der Waals surface area contributed by atoms with Gasteiger partial charge in [0.25, 0.3) is 5.56 Å². The van der Waals surface area contributed by atoms with Gasteiger partial charge >= 0.3 is 0 Å². The van der Waals surface area contributed by atoms with Gasteiger partial charge in [-0.05, 0) is 54.9 Å². The molecule has 3 aliphatic heterocycles. The van der Waals surface area contributed by atoms with Gasteiger partial charge in [0.15, 0.2) is 5.82 Å². The third-order valence-electron chi connectivity index (χ3n) is 6.58. The SMILES string of the molecule is CC1=C(C)C(N2CCc3ncc(C4CCOCC4)cc3C2)Nn2c1nccc2=O. The molecule has 0 aliphatic carbocycles. The number of pyridine rings is 1. The Hall–Kier alpha value is -2.51. The van der Waals surface area contributed by atoms with Crippen molar-refractivity contribution < 1.29 is 4.74 Å². The molecule has 29 heavy (non-hydrogen) atoms. The van der Waals surface area contributed by atoms with Gasteiger partial charge in [0.05, 0.1) is 0 Å². The lowest BCUT2D eigenvalue weighted by molar-refractivity contribution is 0.0852. The van der Waals surface area contributed by atoms with Crippen molar-refractivity contribution in [3.63, 3.8) is 0 Å². The van der Waals surface area contributed by atoms with E-state index in [9.17, 15) is 4.79 Å². The minimum atomic E-state index is -0.0762. The molecule has 0 spiro atoms. The Kier molecular flexibility index (Phi) is 4.72. The minimum absolute atomic E-state index is 0.0238. The van der Waals surface area contributed by atoms with Crippen LogP contribution >= 0.6 is 0 Å². The topological polar surface area (TPSA) is 72.3 Å². The van der Waals surface area contributed by atoms with Crippen LogP contribution in [-0.2, 0) is 17.7 Å². The maximum Gasteiger partial charge on any atom is 0.272 e. The first kappa shape index (κ1) is 18.5. The highest BCUT2D eigenvalue weighted by atomic mass is 16.5. The molecule has 1 atom stereocenters. The summed E-state index contributed by atoms with van der Waals surface area (Å²) in [5, 5.41) is 0. The van der Waals surface area contributed by atoms with Crippen LogP contribution in [0, 0.1) is 0 Å². The maximum absolute atomic E-state index is 12.4. The fraction of sp³-hybridized carbons (Fsp3) is 0.500. The summed E-state index contributed by atoms with van der Waals surface area (Å²) in [5.41, 5.74) is 9.43. The summed E-state index contributed by atoms with van der Waals surface area (Å²) in [5.74, 6) is 1.25. The van der Waals surface area contributed by atoms with Gasteiger partial charge in [-0.25, -0.2) is 9.66 Å². The molecular formula is C22H27N5O2. The number of aromatic nitrogens is 3. The Bertz CT molecular complexity index is 1020. The lowest BCUT2D eigenvalue weighted by Gasteiger charge is -2.40. The van der Waals surface area contributed by atoms with Crippen LogP contribution in [0.25, 0.3) is 5.57 Å². The first-order valence-corrected chi connectivity index (χ1v) is 10.4. The van der Waals surface area contributed by atoms with E-state index in [1.807, 2.05) is 6.92 Å². The van der Waals surface area contributed by atoms with E-state index in [1.165, 1.54) is 28.5 Å². The monoisotopic (exact) mass is 393 g/mol. The zero-order chi connectivity index (χ0) is 20.0. The first-order chi connectivity index (χ1) is 14.1. The molecule has 3 aliphatic rings. The zero-order valence-corrected chi connectivity index (χ0v) is 17.0. The summed E-state index contributed by atoms with van der Waals surface area (Å²) in [6.07, 6.45) is 6.69. The molecule has 0 bridgehead atoms. The molecule has 0 radical (unpaired) electrons. The highest BCUT2D eigenvalue weighted by molar-refractivity contribution is 5.64. The highest BCUT2D eigenvalue weighted by Gasteiger charge is 2.31. The van der Waals surface area contributed by atoms with Crippen molar-refractivity contribution in [2.24, 2.45) is 0 Å². The Morgan fingerprint density at radius 2 is 2.03 bits per heavy atom. The molecule has 1 unspecified atom stereocenters. The number of rotatable bonds is 2. The quantitative estimate of drug-likeness (QED) is 0.844. The molecule has 5 heterocycles. The Balaban J connectivity index is 1.43. The van der Waals surface area contributed by atoms with E-state index in [2.05, 4.69) is 34.5 Å². The van der Waals surface area contributed by atoms with Crippen LogP contribution in [0.15, 0.2) is 34.9 Å². The van der Waals surface area contributed by atoms with Gasteiger partial charge in [0, 0.05) is 56.9 Å². The molecule has 5 rings (SSSR count). The summed E-state index contributed by atoms with van der Waals surface area (Å²) in [4.78, 5) is 24.0. The molecule has 2 aromatic heterocycles. The summed E-state index contributed by atoms with van der Waals surface area (Å²) >= 11 is 0. The van der Waals surface area contributed by atoms with Gasteiger partial charge in [-0.15, -0.1) is 0 Å². The molecule has 1 fully saturated rings. The summed E-state index contributed by atoms with van der Waals surface area (Å²) in [6.45, 7) is 7.58. The number of nitrogens with zero attached hydrogens (tertiary/aromatic N) is 4. The van der Waals surface area contributed by atoms with Crippen molar-refractivity contribution in [2.75, 3.05) is 25.2 Å². The van der Waals surface area contributed by atoms with E-state index in [-0.39, 0.29) is 11.7 Å². The predicted octanol–water partition coefficient (Wildman–Crippen LogP) is 2.27. The number of allylic oxidation sites excluding steroid dienone is 1. The first-order valence-electron chi connectivity index (χ1n) is 10.4. The average Bonchev–Trinajstić information content (AvgIpc) is 2.76. The molecule has 0 saturated carbocycles. The van der Waals surface area contributed by atoms with Gasteiger partial charge in [0.1, 0.15) is 6.17 Å². The van der Waals surface area contributed by atoms with E-state index in [1.54, 1.807) is 10.9 Å². The number of fused-ring (bicyclic) bond motifs is 2. The fourth-order valence-electron chi connectivity index (χ4n) is 4.69. The van der Waals surface area contributed by atoms with Crippen LogP contribution in [-0.4, -0.2) is 45.5 Å². The van der Waals surface area contributed by atoms with Crippen molar-refractivity contribution in [2.45, 2.75) is 51.7 Å². The van der Waals surface area contributed by atoms with Crippen LogP contribution in [0.3, 0.4) is 0 Å². The lowest BCUT2D eigenvalue weighted by Crippen LogP contribution is -2.52. The molecule has 2 aromatic rings. The molecule has 7 nitrogen and oxygen atoms in total. The number of hydrogen-bond acceptors (Lipinski definition) is 6. The molecule has 7 heteroatoms. The van der Waals surface area contributed by atoms with Gasteiger partial charge in [-0.1, -0.05) is 6.07 Å². The molecule has 1 N–H and O–H groups in total. The summed E-state index contributed by atoms with van der Waals surface area (Å²) in [6, 6.07) is 3.85. The largest absolute Gasteiger partial charge is 0.381 e. The summed E-state index contributed by atoms with van der Waals surface area (Å²) < 4.78 is 7.10. The molecule has 152 valence electrons. The van der Waals surface area contributed by atoms with Gasteiger partial charge < -0.3 is 4.74 Å². The number of ether oxygens (including phenoxy) is 1. The predicted molar refractivity (Wildman–Crippen MR) is 111 cm³/mol. The summed E-state index contributed by atoms with van der Waals surface area (Å²) in [7, 11) is 0. The van der Waals surface area contributed by atoms with Crippen molar-refractivity contribution >= 4 is 5.57 Å². The smallest absolute Gasteiger partial charge is 0.272 e. The highest BCUT2D eigenvalue weighted by Crippen LogP contribution is 2.31. The molecule has 1 saturated heterocycles. The molecule has 0 amide bonds. The van der Waals surface area contributed by atoms with Crippen LogP contribution in [0.1, 0.15) is 55.3 Å². The van der Waals surface area contributed by atoms with Gasteiger partial charge in [-0.2, -0.15) is 0 Å². The third kappa shape index (κ3) is 3.28. The van der Waals surface area contributed by atoms with E-state index < -0.39 is 0 Å². The zero-order valence-electron chi connectivity index (χ0n) is 17.0. The van der Waals surface area contributed by atoms with Crippen LogP contribution in [0.4, 0.5) is 0 Å². The second-order valence-electron chi connectivity index (χ2n) is 8.26. The van der Waals surface area contributed by atoms with Crippen LogP contribution < -0.4 is 11.0 Å². The number of nitrogens with one attached hydrogen (secondary N) is 1. The maximum atomic E-state index is 12.4. The minimum Gasteiger partial charge on any atom is -0.381 e. The van der Waals surface area contributed by atoms with Crippen LogP contribution in [0.5, 0.6) is 0 Å². The van der Waals surface area contributed by atoms with E-state index in [4.69, 9.17) is 9.72 Å². The normalized spacial score (nSPS) is 22.8. The van der Waals surface area contributed by atoms with Crippen molar-refractivity contribution in [3.8, 4) is 0 Å². The van der Waals surface area contributed by atoms with Crippen molar-refractivity contribution in [1.29, 1.82) is 0 Å². The lowest BCUT2D eigenvalue weighted by atomic mass is 9.90. The standard InChI is InChI=1S/C22H27N5O2/c1-14-15(2)22(25-27-20(28)3-7-23-21(14)27)26-8-4-19-18(13-26)11-17(12-24-19)16-5-9-29-10-6-16/h3,7,11-12,16,22,25H,4-6,8-10,13H2,1-2H3. The Labute approximate surface area is 170 Å². The molecule has 0 aromatic carbocycles. The second kappa shape index (κ2) is 7.39. The average molecular weight is 393 g/mol. The van der Waals surface area contributed by atoms with E-state index in [0.717, 1.165) is 51.1 Å². The fourth-order valence-corrected chi connectivity index (χ4v) is 4.69. The third-order valence-corrected chi connectivity index (χ3v) is 6.58. The second-order valence-corrected chi connectivity index (χ2v) is 8.26. The van der Waals surface area contributed by atoms with Gasteiger partial charge in [0.2, 0.25) is 0 Å². The Morgan fingerprint density at radius 1 is 1.21 bits per heavy atom. The molecular weight excluding hydrogens is 366 g/mol. The van der Waals surface area contributed by atoms with Crippen molar-refractivity contribution in [1.82, 2.24) is 19.5 Å². The van der Waals surface area contributed by atoms with Gasteiger partial charge in [-0.3, -0.25) is 20.1 Å². The van der Waals surface area contributed by atoms with Crippen LogP contribution in [0.2, 0.25) is 0 Å². The van der Waals surface area contributed by atoms with E-state index >= 15 is 0 Å². The van der Waals surface area contributed by atoms with E-state index in [0.29, 0.717) is 11.7 Å². The number of hydrogen-bond donors (Lipinski definition) is 1. The Morgan fingerprint density at radius 3 is 2.86 bits per heavy atom.